The molecule has 1 N–H and O–H groups in total. The van der Waals surface area contributed by atoms with E-state index >= 15 is 0 Å². The van der Waals surface area contributed by atoms with Crippen LogP contribution in [0.2, 0.25) is 0 Å². The van der Waals surface area contributed by atoms with E-state index < -0.39 is 10.0 Å². The van der Waals surface area contributed by atoms with Gasteiger partial charge >= 0.3 is 0 Å². The van der Waals surface area contributed by atoms with E-state index in [1.807, 2.05) is 6.92 Å². The maximum Gasteiger partial charge on any atom is 0.217 e. The van der Waals surface area contributed by atoms with Crippen LogP contribution in [-0.2, 0) is 10.0 Å². The van der Waals surface area contributed by atoms with Gasteiger partial charge in [-0.2, -0.15) is 0 Å². The van der Waals surface area contributed by atoms with Crippen molar-refractivity contribution in [3.05, 3.63) is 0 Å². The Morgan fingerprint density at radius 1 is 1.18 bits per heavy atom. The highest BCUT2D eigenvalue weighted by molar-refractivity contribution is 7.89. The van der Waals surface area contributed by atoms with Gasteiger partial charge in [-0.15, -0.1) is 0 Å². The second kappa shape index (κ2) is 5.67. The first-order valence-corrected chi connectivity index (χ1v) is 8.33. The maximum atomic E-state index is 12.4. The lowest BCUT2D eigenvalue weighted by Crippen LogP contribution is -2.42. The van der Waals surface area contributed by atoms with Gasteiger partial charge in [0.1, 0.15) is 0 Å². The molecule has 1 saturated carbocycles. The van der Waals surface area contributed by atoms with Crippen LogP contribution >= 0.6 is 0 Å². The molecule has 1 unspecified atom stereocenters. The zero-order chi connectivity index (χ0) is 12.3. The first-order chi connectivity index (χ1) is 8.10. The summed E-state index contributed by atoms with van der Waals surface area (Å²) >= 11 is 0. The van der Waals surface area contributed by atoms with Crippen molar-refractivity contribution in [1.82, 2.24) is 9.62 Å². The van der Waals surface area contributed by atoms with Gasteiger partial charge in [0, 0.05) is 25.7 Å². The third kappa shape index (κ3) is 3.66. The summed E-state index contributed by atoms with van der Waals surface area (Å²) < 4.78 is 26.4. The first-order valence-electron chi connectivity index (χ1n) is 6.83. The molecule has 0 spiro atoms. The zero-order valence-corrected chi connectivity index (χ0v) is 11.5. The fourth-order valence-electron chi connectivity index (χ4n) is 2.28. The van der Waals surface area contributed by atoms with Crippen LogP contribution in [0.3, 0.4) is 0 Å². The molecule has 0 amide bonds. The van der Waals surface area contributed by atoms with Crippen molar-refractivity contribution in [2.24, 2.45) is 0 Å². The molecule has 0 bridgehead atoms. The molecule has 1 saturated heterocycles. The average molecular weight is 260 g/mol. The van der Waals surface area contributed by atoms with E-state index in [0.29, 0.717) is 12.6 Å². The fraction of sp³-hybridized carbons (Fsp3) is 1.00. The second-order valence-corrected chi connectivity index (χ2v) is 7.70. The molecule has 0 aromatic carbocycles. The molecule has 0 aromatic heterocycles. The van der Waals surface area contributed by atoms with Gasteiger partial charge in [0.15, 0.2) is 0 Å². The van der Waals surface area contributed by atoms with Crippen molar-refractivity contribution < 1.29 is 8.42 Å². The molecule has 0 radical (unpaired) electrons. The molecule has 4 nitrogen and oxygen atoms in total. The van der Waals surface area contributed by atoms with Gasteiger partial charge in [-0.25, -0.2) is 12.7 Å². The molecule has 5 heteroatoms. The van der Waals surface area contributed by atoms with Gasteiger partial charge < -0.3 is 5.32 Å². The highest BCUT2D eigenvalue weighted by Gasteiger charge is 2.30. The van der Waals surface area contributed by atoms with Crippen molar-refractivity contribution in [2.45, 2.75) is 56.7 Å². The highest BCUT2D eigenvalue weighted by Crippen LogP contribution is 2.20. The molecule has 100 valence electrons. The zero-order valence-electron chi connectivity index (χ0n) is 10.7. The van der Waals surface area contributed by atoms with Gasteiger partial charge in [0.05, 0.1) is 5.25 Å². The van der Waals surface area contributed by atoms with Crippen molar-refractivity contribution >= 4 is 10.0 Å². The largest absolute Gasteiger partial charge is 0.313 e. The Balaban J connectivity index is 1.89. The van der Waals surface area contributed by atoms with Crippen molar-refractivity contribution in [2.75, 3.05) is 19.6 Å². The summed E-state index contributed by atoms with van der Waals surface area (Å²) in [4.78, 5) is 0. The van der Waals surface area contributed by atoms with Crippen molar-refractivity contribution in [3.63, 3.8) is 0 Å². The standard InChI is InChI=1S/C12H24N2O2S/c1-11(10-13-12-6-7-12)17(15,16)14-8-4-2-3-5-9-14/h11-13H,2-10H2,1H3. The predicted octanol–water partition coefficient (Wildman–Crippen LogP) is 1.33. The lowest BCUT2D eigenvalue weighted by atomic mass is 10.2. The summed E-state index contributed by atoms with van der Waals surface area (Å²) in [5.41, 5.74) is 0. The molecular formula is C12H24N2O2S. The quantitative estimate of drug-likeness (QED) is 0.811. The Hall–Kier alpha value is -0.130. The molecule has 2 fully saturated rings. The Bertz CT molecular complexity index is 330. The Kier molecular flexibility index (Phi) is 4.44. The van der Waals surface area contributed by atoms with Crippen LogP contribution in [0.5, 0.6) is 0 Å². The van der Waals surface area contributed by atoms with Crippen LogP contribution in [0.15, 0.2) is 0 Å². The SMILES string of the molecule is CC(CNC1CC1)S(=O)(=O)N1CCCCCC1. The number of hydrogen-bond acceptors (Lipinski definition) is 3. The summed E-state index contributed by atoms with van der Waals surface area (Å²) in [5, 5.41) is 3.02. The molecule has 1 aliphatic heterocycles. The normalized spacial score (nSPS) is 25.5. The smallest absolute Gasteiger partial charge is 0.217 e. The minimum absolute atomic E-state index is 0.291. The Labute approximate surface area is 105 Å². The summed E-state index contributed by atoms with van der Waals surface area (Å²) in [6.07, 6.45) is 6.78. The number of nitrogens with zero attached hydrogens (tertiary/aromatic N) is 1. The third-order valence-corrected chi connectivity index (χ3v) is 5.97. The molecule has 1 atom stereocenters. The number of sulfonamides is 1. The highest BCUT2D eigenvalue weighted by atomic mass is 32.2. The van der Waals surface area contributed by atoms with Gasteiger partial charge in [-0.1, -0.05) is 12.8 Å². The van der Waals surface area contributed by atoms with Crippen LogP contribution in [0, 0.1) is 0 Å². The van der Waals surface area contributed by atoms with Crippen molar-refractivity contribution in [3.8, 4) is 0 Å². The summed E-state index contributed by atoms with van der Waals surface area (Å²) in [5.74, 6) is 0. The predicted molar refractivity (Wildman–Crippen MR) is 69.4 cm³/mol. The van der Waals surface area contributed by atoms with Crippen LogP contribution < -0.4 is 5.32 Å². The van der Waals surface area contributed by atoms with E-state index in [0.717, 1.165) is 25.9 Å². The molecule has 1 aliphatic carbocycles. The summed E-state index contributed by atoms with van der Waals surface area (Å²) in [6, 6.07) is 0.580. The first kappa shape index (κ1) is 13.3. The van der Waals surface area contributed by atoms with Gasteiger partial charge in [-0.05, 0) is 32.6 Å². The van der Waals surface area contributed by atoms with Crippen LogP contribution in [0.4, 0.5) is 0 Å². The Morgan fingerprint density at radius 3 is 2.29 bits per heavy atom. The number of hydrogen-bond donors (Lipinski definition) is 1. The van der Waals surface area contributed by atoms with E-state index in [4.69, 9.17) is 0 Å². The van der Waals surface area contributed by atoms with Crippen LogP contribution in [0.25, 0.3) is 0 Å². The summed E-state index contributed by atoms with van der Waals surface area (Å²) in [7, 11) is -3.08. The third-order valence-electron chi connectivity index (χ3n) is 3.70. The molecule has 0 aromatic rings. The van der Waals surface area contributed by atoms with Gasteiger partial charge in [-0.3, -0.25) is 0 Å². The van der Waals surface area contributed by atoms with Crippen LogP contribution in [0.1, 0.15) is 45.4 Å². The molecular weight excluding hydrogens is 236 g/mol. The Morgan fingerprint density at radius 2 is 1.76 bits per heavy atom. The molecule has 1 heterocycles. The van der Waals surface area contributed by atoms with Crippen molar-refractivity contribution in [1.29, 1.82) is 0 Å². The molecule has 2 aliphatic rings. The molecule has 17 heavy (non-hydrogen) atoms. The van der Waals surface area contributed by atoms with Gasteiger partial charge in [0.25, 0.3) is 0 Å². The lowest BCUT2D eigenvalue weighted by molar-refractivity contribution is 0.414. The van der Waals surface area contributed by atoms with Crippen LogP contribution in [-0.4, -0.2) is 43.6 Å². The average Bonchev–Trinajstić information content (AvgIpc) is 3.12. The lowest BCUT2D eigenvalue weighted by Gasteiger charge is -2.24. The number of rotatable bonds is 5. The van der Waals surface area contributed by atoms with E-state index in [2.05, 4.69) is 5.32 Å². The summed E-state index contributed by atoms with van der Waals surface area (Å²) in [6.45, 7) is 3.87. The topological polar surface area (TPSA) is 49.4 Å². The minimum atomic E-state index is -3.08. The maximum absolute atomic E-state index is 12.4. The van der Waals surface area contributed by atoms with E-state index in [9.17, 15) is 8.42 Å². The second-order valence-electron chi connectivity index (χ2n) is 5.35. The monoisotopic (exact) mass is 260 g/mol. The molecule has 2 rings (SSSR count). The van der Waals surface area contributed by atoms with E-state index in [1.54, 1.807) is 4.31 Å². The minimum Gasteiger partial charge on any atom is -0.313 e. The van der Waals surface area contributed by atoms with E-state index in [-0.39, 0.29) is 5.25 Å². The van der Waals surface area contributed by atoms with Gasteiger partial charge in [0.2, 0.25) is 10.0 Å². The number of nitrogens with one attached hydrogen (secondary N) is 1. The van der Waals surface area contributed by atoms with E-state index in [1.165, 1.54) is 25.7 Å². The fourth-order valence-corrected chi connectivity index (χ4v) is 3.86.